The fraction of sp³-hybridized carbons (Fsp3) is 0.375. The van der Waals surface area contributed by atoms with Crippen LogP contribution in [0.4, 0.5) is 15.6 Å². The summed E-state index contributed by atoms with van der Waals surface area (Å²) in [5.41, 5.74) is 3.07. The molecular weight excluding hydrogens is 282 g/mol. The molecule has 21 heavy (non-hydrogen) atoms. The van der Waals surface area contributed by atoms with Gasteiger partial charge >= 0.3 is 6.03 Å². The highest BCUT2D eigenvalue weighted by Gasteiger charge is 2.20. The number of carbonyl (C=O) groups excluding carboxylic acids is 1. The molecule has 4 nitrogen and oxygen atoms in total. The zero-order valence-corrected chi connectivity index (χ0v) is 13.1. The first-order valence-electron chi connectivity index (χ1n) is 7.23. The number of fused-ring (bicyclic) bond motifs is 1. The smallest absolute Gasteiger partial charge is 0.308 e. The Bertz CT molecular complexity index is 665. The highest BCUT2D eigenvalue weighted by molar-refractivity contribution is 7.15. The van der Waals surface area contributed by atoms with Crippen molar-refractivity contribution >= 4 is 28.2 Å². The van der Waals surface area contributed by atoms with Gasteiger partial charge in [0.15, 0.2) is 5.13 Å². The number of anilines is 2. The number of nitrogens with zero attached hydrogens (tertiary/aromatic N) is 1. The number of benzene rings is 1. The summed E-state index contributed by atoms with van der Waals surface area (Å²) in [6.07, 6.45) is 3.29. The molecule has 2 N–H and O–H groups in total. The summed E-state index contributed by atoms with van der Waals surface area (Å²) in [5.74, 6) is 0.715. The van der Waals surface area contributed by atoms with E-state index >= 15 is 0 Å². The second-order valence-corrected chi connectivity index (χ2v) is 6.77. The number of rotatable bonds is 2. The lowest BCUT2D eigenvalue weighted by molar-refractivity contribution is 0.262. The van der Waals surface area contributed by atoms with Crippen molar-refractivity contribution < 1.29 is 4.79 Å². The number of hydrogen-bond acceptors (Lipinski definition) is 3. The van der Waals surface area contributed by atoms with Crippen LogP contribution < -0.4 is 10.6 Å². The summed E-state index contributed by atoms with van der Waals surface area (Å²) in [7, 11) is 0. The highest BCUT2D eigenvalue weighted by atomic mass is 32.1. The van der Waals surface area contributed by atoms with E-state index in [0.29, 0.717) is 11.0 Å². The molecule has 0 fully saturated rings. The van der Waals surface area contributed by atoms with Gasteiger partial charge in [-0.1, -0.05) is 19.1 Å². The summed E-state index contributed by atoms with van der Waals surface area (Å²) in [6, 6.07) is 7.50. The molecule has 1 aromatic heterocycles. The minimum Gasteiger partial charge on any atom is -0.308 e. The molecule has 2 amide bonds. The van der Waals surface area contributed by atoms with Gasteiger partial charge < -0.3 is 5.32 Å². The Morgan fingerprint density at radius 1 is 1.38 bits per heavy atom. The molecule has 110 valence electrons. The second-order valence-electron chi connectivity index (χ2n) is 5.69. The minimum atomic E-state index is -0.236. The second kappa shape index (κ2) is 5.85. The number of aryl methyl sites for hydroxylation is 2. The SMILES string of the molecule is Cc1cccc(NC(=O)Nc2nc3c(s2)CC(C)CC3)c1. The average molecular weight is 301 g/mol. The largest absolute Gasteiger partial charge is 0.325 e. The van der Waals surface area contributed by atoms with Crippen molar-refractivity contribution in [2.75, 3.05) is 10.6 Å². The van der Waals surface area contributed by atoms with Crippen LogP contribution >= 0.6 is 11.3 Å². The van der Waals surface area contributed by atoms with Gasteiger partial charge in [0, 0.05) is 10.6 Å². The molecule has 1 atom stereocenters. The Morgan fingerprint density at radius 2 is 2.24 bits per heavy atom. The van der Waals surface area contributed by atoms with Crippen LogP contribution in [-0.2, 0) is 12.8 Å². The van der Waals surface area contributed by atoms with E-state index in [2.05, 4.69) is 22.5 Å². The third-order valence-electron chi connectivity index (χ3n) is 3.68. The maximum absolute atomic E-state index is 12.0. The molecule has 1 unspecified atom stereocenters. The van der Waals surface area contributed by atoms with Gasteiger partial charge in [-0.15, -0.1) is 11.3 Å². The van der Waals surface area contributed by atoms with Crippen molar-refractivity contribution in [2.24, 2.45) is 5.92 Å². The zero-order chi connectivity index (χ0) is 14.8. The van der Waals surface area contributed by atoms with E-state index in [1.54, 1.807) is 11.3 Å². The van der Waals surface area contributed by atoms with Gasteiger partial charge in [0.25, 0.3) is 0 Å². The lowest BCUT2D eigenvalue weighted by Gasteiger charge is -2.15. The molecule has 2 aromatic rings. The Morgan fingerprint density at radius 3 is 3.05 bits per heavy atom. The third kappa shape index (κ3) is 3.42. The van der Waals surface area contributed by atoms with Crippen LogP contribution in [0.2, 0.25) is 0 Å². The summed E-state index contributed by atoms with van der Waals surface area (Å²) in [6.45, 7) is 4.26. The van der Waals surface area contributed by atoms with Crippen molar-refractivity contribution in [3.63, 3.8) is 0 Å². The van der Waals surface area contributed by atoms with Crippen LogP contribution in [0.15, 0.2) is 24.3 Å². The number of thiazole rings is 1. The minimum absolute atomic E-state index is 0.236. The van der Waals surface area contributed by atoms with Gasteiger partial charge in [-0.2, -0.15) is 0 Å². The average Bonchev–Trinajstić information content (AvgIpc) is 2.79. The third-order valence-corrected chi connectivity index (χ3v) is 4.72. The summed E-state index contributed by atoms with van der Waals surface area (Å²) in [5, 5.41) is 6.37. The number of nitrogens with one attached hydrogen (secondary N) is 2. The van der Waals surface area contributed by atoms with Gasteiger partial charge in [-0.3, -0.25) is 5.32 Å². The number of aromatic nitrogens is 1. The van der Waals surface area contributed by atoms with Crippen LogP contribution in [0.1, 0.15) is 29.5 Å². The molecule has 0 spiro atoms. The van der Waals surface area contributed by atoms with Crippen molar-refractivity contribution in [3.05, 3.63) is 40.4 Å². The molecule has 0 saturated heterocycles. The van der Waals surface area contributed by atoms with E-state index in [-0.39, 0.29) is 6.03 Å². The Kier molecular flexibility index (Phi) is 3.92. The Balaban J connectivity index is 1.65. The molecule has 1 heterocycles. The number of carbonyl (C=O) groups is 1. The Labute approximate surface area is 128 Å². The normalized spacial score (nSPS) is 17.1. The monoisotopic (exact) mass is 301 g/mol. The van der Waals surface area contributed by atoms with Crippen molar-refractivity contribution in [1.29, 1.82) is 0 Å². The first-order chi connectivity index (χ1) is 10.1. The number of hydrogen-bond donors (Lipinski definition) is 2. The van der Waals surface area contributed by atoms with Gasteiger partial charge in [0.2, 0.25) is 0 Å². The van der Waals surface area contributed by atoms with Gasteiger partial charge in [-0.25, -0.2) is 9.78 Å². The molecule has 0 bridgehead atoms. The van der Waals surface area contributed by atoms with Crippen LogP contribution in [0.25, 0.3) is 0 Å². The van der Waals surface area contributed by atoms with E-state index < -0.39 is 0 Å². The first-order valence-corrected chi connectivity index (χ1v) is 8.05. The molecule has 0 aliphatic heterocycles. The van der Waals surface area contributed by atoms with Crippen molar-refractivity contribution in [2.45, 2.75) is 33.1 Å². The standard InChI is InChI=1S/C16H19N3OS/c1-10-4-3-5-12(8-10)17-15(20)19-16-18-13-7-6-11(2)9-14(13)21-16/h3-5,8,11H,6-7,9H2,1-2H3,(H2,17,18,19,20). The van der Waals surface area contributed by atoms with Crippen LogP contribution in [-0.4, -0.2) is 11.0 Å². The van der Waals surface area contributed by atoms with Crippen LogP contribution in [0.3, 0.4) is 0 Å². The van der Waals surface area contributed by atoms with Crippen molar-refractivity contribution in [1.82, 2.24) is 4.98 Å². The maximum Gasteiger partial charge on any atom is 0.325 e. The molecule has 1 aromatic carbocycles. The van der Waals surface area contributed by atoms with E-state index in [9.17, 15) is 4.79 Å². The van der Waals surface area contributed by atoms with Gasteiger partial charge in [-0.05, 0) is 49.8 Å². The fourth-order valence-electron chi connectivity index (χ4n) is 2.58. The summed E-state index contributed by atoms with van der Waals surface area (Å²) >= 11 is 1.60. The predicted molar refractivity (Wildman–Crippen MR) is 87.1 cm³/mol. The van der Waals surface area contributed by atoms with Gasteiger partial charge in [0.1, 0.15) is 0 Å². The Hall–Kier alpha value is -1.88. The van der Waals surface area contributed by atoms with E-state index in [0.717, 1.165) is 29.8 Å². The first kappa shape index (κ1) is 14.1. The predicted octanol–water partition coefficient (Wildman–Crippen LogP) is 4.22. The molecular formula is C16H19N3OS. The maximum atomic E-state index is 12.0. The number of urea groups is 1. The van der Waals surface area contributed by atoms with Crippen LogP contribution in [0, 0.1) is 12.8 Å². The molecule has 0 saturated carbocycles. The highest BCUT2D eigenvalue weighted by Crippen LogP contribution is 2.32. The van der Waals surface area contributed by atoms with Crippen molar-refractivity contribution in [3.8, 4) is 0 Å². The molecule has 0 radical (unpaired) electrons. The summed E-state index contributed by atoms with van der Waals surface area (Å²) in [4.78, 5) is 17.9. The van der Waals surface area contributed by atoms with Gasteiger partial charge in [0.05, 0.1) is 5.69 Å². The summed E-state index contributed by atoms with van der Waals surface area (Å²) < 4.78 is 0. The van der Waals surface area contributed by atoms with Crippen LogP contribution in [0.5, 0.6) is 0 Å². The zero-order valence-electron chi connectivity index (χ0n) is 12.3. The molecule has 1 aliphatic rings. The molecule has 3 rings (SSSR count). The lowest BCUT2D eigenvalue weighted by Crippen LogP contribution is -2.19. The van der Waals surface area contributed by atoms with E-state index in [1.807, 2.05) is 31.2 Å². The fourth-order valence-corrected chi connectivity index (χ4v) is 3.74. The molecule has 5 heteroatoms. The topological polar surface area (TPSA) is 54.0 Å². The lowest BCUT2D eigenvalue weighted by atomic mass is 9.93. The number of amides is 2. The van der Waals surface area contributed by atoms with E-state index in [4.69, 9.17) is 0 Å². The molecule has 1 aliphatic carbocycles. The van der Waals surface area contributed by atoms with E-state index in [1.165, 1.54) is 11.3 Å². The quantitative estimate of drug-likeness (QED) is 0.872.